The molecule has 2 amide bonds. The second-order valence-electron chi connectivity index (χ2n) is 6.92. The smallest absolute Gasteiger partial charge is 0.243 e. The number of benzene rings is 1. The Morgan fingerprint density at radius 3 is 2.46 bits per heavy atom. The SMILES string of the molecule is Cc1noc(C)c1CC(=O)N(C)CC(=O)Nc1ccc(N2CCOCC2)cc1. The Morgan fingerprint density at radius 1 is 1.18 bits per heavy atom. The van der Waals surface area contributed by atoms with E-state index in [1.165, 1.54) is 4.90 Å². The number of nitrogens with zero attached hydrogens (tertiary/aromatic N) is 3. The van der Waals surface area contributed by atoms with E-state index in [2.05, 4.69) is 15.4 Å². The summed E-state index contributed by atoms with van der Waals surface area (Å²) >= 11 is 0. The summed E-state index contributed by atoms with van der Waals surface area (Å²) in [6.45, 7) is 6.74. The molecule has 0 spiro atoms. The molecule has 1 N–H and O–H groups in total. The number of aromatic nitrogens is 1. The second-order valence-corrected chi connectivity index (χ2v) is 6.92. The first-order chi connectivity index (χ1) is 13.4. The fourth-order valence-corrected chi connectivity index (χ4v) is 3.12. The topological polar surface area (TPSA) is 87.9 Å². The molecule has 1 aliphatic heterocycles. The molecule has 1 saturated heterocycles. The molecule has 150 valence electrons. The lowest BCUT2D eigenvalue weighted by Crippen LogP contribution is -2.36. The van der Waals surface area contributed by atoms with Gasteiger partial charge >= 0.3 is 0 Å². The molecule has 2 heterocycles. The Kier molecular flexibility index (Phi) is 6.30. The van der Waals surface area contributed by atoms with Crippen molar-refractivity contribution < 1.29 is 18.8 Å². The van der Waals surface area contributed by atoms with Crippen molar-refractivity contribution in [3.8, 4) is 0 Å². The van der Waals surface area contributed by atoms with Gasteiger partial charge in [-0.25, -0.2) is 0 Å². The number of anilines is 2. The van der Waals surface area contributed by atoms with Crippen LogP contribution in [0.2, 0.25) is 0 Å². The molecular formula is C20H26N4O4. The van der Waals surface area contributed by atoms with E-state index in [-0.39, 0.29) is 24.8 Å². The highest BCUT2D eigenvalue weighted by Gasteiger charge is 2.18. The minimum absolute atomic E-state index is 0.0204. The highest BCUT2D eigenvalue weighted by molar-refractivity contribution is 5.94. The molecule has 8 nitrogen and oxygen atoms in total. The Balaban J connectivity index is 1.51. The number of nitrogens with one attached hydrogen (secondary N) is 1. The standard InChI is InChI=1S/C20H26N4O4/c1-14-18(15(2)28-22-14)12-20(26)23(3)13-19(25)21-16-4-6-17(7-5-16)24-8-10-27-11-9-24/h4-7H,8-13H2,1-3H3,(H,21,25). The quantitative estimate of drug-likeness (QED) is 0.814. The van der Waals surface area contributed by atoms with E-state index in [9.17, 15) is 9.59 Å². The van der Waals surface area contributed by atoms with E-state index in [0.717, 1.165) is 37.6 Å². The van der Waals surface area contributed by atoms with Crippen LogP contribution in [0.25, 0.3) is 0 Å². The first kappa shape index (κ1) is 19.9. The van der Waals surface area contributed by atoms with E-state index in [1.807, 2.05) is 24.3 Å². The number of carbonyl (C=O) groups is 2. The third-order valence-corrected chi connectivity index (χ3v) is 4.84. The first-order valence-corrected chi connectivity index (χ1v) is 9.32. The Labute approximate surface area is 164 Å². The average Bonchev–Trinajstić information content (AvgIpc) is 3.01. The van der Waals surface area contributed by atoms with Crippen LogP contribution in [0.1, 0.15) is 17.0 Å². The van der Waals surface area contributed by atoms with Crippen LogP contribution < -0.4 is 10.2 Å². The van der Waals surface area contributed by atoms with Gasteiger partial charge in [0.15, 0.2) is 0 Å². The summed E-state index contributed by atoms with van der Waals surface area (Å²) in [7, 11) is 1.61. The summed E-state index contributed by atoms with van der Waals surface area (Å²) in [5, 5.41) is 6.68. The molecule has 28 heavy (non-hydrogen) atoms. The fourth-order valence-electron chi connectivity index (χ4n) is 3.12. The third kappa shape index (κ3) is 4.89. The average molecular weight is 386 g/mol. The van der Waals surface area contributed by atoms with Crippen LogP contribution in [0.15, 0.2) is 28.8 Å². The molecule has 3 rings (SSSR count). The normalized spacial score (nSPS) is 14.0. The summed E-state index contributed by atoms with van der Waals surface area (Å²) in [4.78, 5) is 28.3. The zero-order valence-electron chi connectivity index (χ0n) is 16.5. The van der Waals surface area contributed by atoms with Crippen LogP contribution in [0.4, 0.5) is 11.4 Å². The van der Waals surface area contributed by atoms with Gasteiger partial charge in [-0.2, -0.15) is 0 Å². The molecule has 0 radical (unpaired) electrons. The van der Waals surface area contributed by atoms with Crippen molar-refractivity contribution in [2.45, 2.75) is 20.3 Å². The van der Waals surface area contributed by atoms with Gasteiger partial charge in [-0.05, 0) is 38.1 Å². The monoisotopic (exact) mass is 386 g/mol. The van der Waals surface area contributed by atoms with Crippen LogP contribution in [-0.4, -0.2) is 61.8 Å². The molecule has 0 bridgehead atoms. The molecular weight excluding hydrogens is 360 g/mol. The highest BCUT2D eigenvalue weighted by atomic mass is 16.5. The van der Waals surface area contributed by atoms with Gasteiger partial charge in [0.05, 0.1) is 31.9 Å². The predicted molar refractivity (Wildman–Crippen MR) is 105 cm³/mol. The van der Waals surface area contributed by atoms with E-state index < -0.39 is 0 Å². The third-order valence-electron chi connectivity index (χ3n) is 4.84. The van der Waals surface area contributed by atoms with Crippen molar-refractivity contribution in [3.63, 3.8) is 0 Å². The van der Waals surface area contributed by atoms with E-state index in [0.29, 0.717) is 17.1 Å². The fraction of sp³-hybridized carbons (Fsp3) is 0.450. The van der Waals surface area contributed by atoms with Crippen molar-refractivity contribution in [2.75, 3.05) is 50.1 Å². The Morgan fingerprint density at radius 2 is 1.86 bits per heavy atom. The first-order valence-electron chi connectivity index (χ1n) is 9.32. The van der Waals surface area contributed by atoms with Crippen molar-refractivity contribution >= 4 is 23.2 Å². The number of carbonyl (C=O) groups excluding carboxylic acids is 2. The zero-order valence-corrected chi connectivity index (χ0v) is 16.5. The van der Waals surface area contributed by atoms with Crippen LogP contribution in [-0.2, 0) is 20.7 Å². The lowest BCUT2D eigenvalue weighted by Gasteiger charge is -2.28. The molecule has 0 unspecified atom stereocenters. The van der Waals surface area contributed by atoms with Crippen LogP contribution in [0.3, 0.4) is 0 Å². The maximum Gasteiger partial charge on any atom is 0.243 e. The van der Waals surface area contributed by atoms with Crippen molar-refractivity contribution in [1.29, 1.82) is 0 Å². The summed E-state index contributed by atoms with van der Waals surface area (Å²) in [5.74, 6) is 0.227. The predicted octanol–water partition coefficient (Wildman–Crippen LogP) is 1.77. The van der Waals surface area contributed by atoms with Gasteiger partial charge in [0, 0.05) is 37.1 Å². The van der Waals surface area contributed by atoms with Crippen LogP contribution in [0.5, 0.6) is 0 Å². The number of rotatable bonds is 6. The summed E-state index contributed by atoms with van der Waals surface area (Å²) in [5.41, 5.74) is 3.28. The van der Waals surface area contributed by atoms with Gasteiger partial charge in [0.25, 0.3) is 0 Å². The summed E-state index contributed by atoms with van der Waals surface area (Å²) in [6.07, 6.45) is 0.166. The van der Waals surface area contributed by atoms with Gasteiger partial charge < -0.3 is 24.4 Å². The molecule has 0 saturated carbocycles. The number of likely N-dealkylation sites (N-methyl/N-ethyl adjacent to an activating group) is 1. The van der Waals surface area contributed by atoms with Crippen molar-refractivity contribution in [3.05, 3.63) is 41.3 Å². The molecule has 1 aromatic carbocycles. The van der Waals surface area contributed by atoms with Gasteiger partial charge in [-0.1, -0.05) is 5.16 Å². The Hall–Kier alpha value is -2.87. The van der Waals surface area contributed by atoms with Crippen LogP contribution in [0, 0.1) is 13.8 Å². The molecule has 0 aliphatic carbocycles. The largest absolute Gasteiger partial charge is 0.378 e. The number of hydrogen-bond donors (Lipinski definition) is 1. The minimum Gasteiger partial charge on any atom is -0.378 e. The molecule has 1 aromatic heterocycles. The molecule has 8 heteroatoms. The molecule has 2 aromatic rings. The van der Waals surface area contributed by atoms with Gasteiger partial charge in [0.1, 0.15) is 5.76 Å². The lowest BCUT2D eigenvalue weighted by molar-refractivity contribution is -0.132. The number of ether oxygens (including phenoxy) is 1. The zero-order chi connectivity index (χ0) is 20.1. The van der Waals surface area contributed by atoms with E-state index in [1.54, 1.807) is 20.9 Å². The number of morpholine rings is 1. The van der Waals surface area contributed by atoms with E-state index >= 15 is 0 Å². The van der Waals surface area contributed by atoms with E-state index in [4.69, 9.17) is 9.26 Å². The number of amides is 2. The van der Waals surface area contributed by atoms with Crippen LogP contribution >= 0.6 is 0 Å². The summed E-state index contributed by atoms with van der Waals surface area (Å²) in [6, 6.07) is 7.70. The lowest BCUT2D eigenvalue weighted by atomic mass is 10.1. The Bertz CT molecular complexity index is 806. The molecule has 1 fully saturated rings. The molecule has 0 atom stereocenters. The maximum absolute atomic E-state index is 12.4. The van der Waals surface area contributed by atoms with Crippen molar-refractivity contribution in [2.24, 2.45) is 0 Å². The van der Waals surface area contributed by atoms with Gasteiger partial charge in [-0.3, -0.25) is 9.59 Å². The van der Waals surface area contributed by atoms with Gasteiger partial charge in [0.2, 0.25) is 11.8 Å². The number of hydrogen-bond acceptors (Lipinski definition) is 6. The molecule has 1 aliphatic rings. The second kappa shape index (κ2) is 8.88. The van der Waals surface area contributed by atoms with Gasteiger partial charge in [-0.15, -0.1) is 0 Å². The number of aryl methyl sites for hydroxylation is 2. The minimum atomic E-state index is -0.242. The summed E-state index contributed by atoms with van der Waals surface area (Å²) < 4.78 is 10.4. The highest BCUT2D eigenvalue weighted by Crippen LogP contribution is 2.19. The maximum atomic E-state index is 12.4. The van der Waals surface area contributed by atoms with Crippen molar-refractivity contribution in [1.82, 2.24) is 10.1 Å².